The van der Waals surface area contributed by atoms with Crippen LogP contribution in [-0.4, -0.2) is 32.2 Å². The minimum absolute atomic E-state index is 0.561. The number of hydrogen-bond acceptors (Lipinski definition) is 4. The standard InChI is InChI=1S/C15H23N3O/c1-12(2)13-4-6-14(7-5-13)19-11-10-18-15-16-8-3-9-17-15/h4-7,12H,3,8-11H2,1-2H3,(H2,16,17,18). The van der Waals surface area contributed by atoms with Gasteiger partial charge in [0.1, 0.15) is 12.4 Å². The van der Waals surface area contributed by atoms with Gasteiger partial charge in [-0.15, -0.1) is 0 Å². The van der Waals surface area contributed by atoms with Gasteiger partial charge in [-0.2, -0.15) is 0 Å². The van der Waals surface area contributed by atoms with Crippen LogP contribution in [0.5, 0.6) is 5.75 Å². The Balaban J connectivity index is 1.69. The number of guanidine groups is 1. The highest BCUT2D eigenvalue weighted by atomic mass is 16.5. The quantitative estimate of drug-likeness (QED) is 0.798. The Morgan fingerprint density at radius 2 is 2.11 bits per heavy atom. The molecule has 1 heterocycles. The maximum atomic E-state index is 5.69. The molecule has 0 saturated carbocycles. The summed E-state index contributed by atoms with van der Waals surface area (Å²) in [6.45, 7) is 7.70. The predicted molar refractivity (Wildman–Crippen MR) is 79.0 cm³/mol. The summed E-state index contributed by atoms with van der Waals surface area (Å²) < 4.78 is 5.69. The molecule has 2 N–H and O–H groups in total. The maximum Gasteiger partial charge on any atom is 0.191 e. The molecule has 0 radical (unpaired) electrons. The van der Waals surface area contributed by atoms with Gasteiger partial charge in [-0.25, -0.2) is 0 Å². The molecule has 0 spiro atoms. The van der Waals surface area contributed by atoms with E-state index in [4.69, 9.17) is 4.74 Å². The molecule has 0 amide bonds. The van der Waals surface area contributed by atoms with Gasteiger partial charge in [0.2, 0.25) is 0 Å². The fourth-order valence-electron chi connectivity index (χ4n) is 1.94. The van der Waals surface area contributed by atoms with Crippen LogP contribution in [0.25, 0.3) is 0 Å². The maximum absolute atomic E-state index is 5.69. The second-order valence-corrected chi connectivity index (χ2v) is 5.01. The molecule has 0 saturated heterocycles. The van der Waals surface area contributed by atoms with Gasteiger partial charge < -0.3 is 15.4 Å². The van der Waals surface area contributed by atoms with E-state index >= 15 is 0 Å². The van der Waals surface area contributed by atoms with Gasteiger partial charge in [0.15, 0.2) is 5.96 Å². The lowest BCUT2D eigenvalue weighted by molar-refractivity contribution is 0.321. The van der Waals surface area contributed by atoms with Crippen molar-refractivity contribution < 1.29 is 4.74 Å². The van der Waals surface area contributed by atoms with Gasteiger partial charge in [0.25, 0.3) is 0 Å². The Morgan fingerprint density at radius 1 is 1.32 bits per heavy atom. The molecule has 1 aromatic rings. The molecule has 0 aliphatic carbocycles. The van der Waals surface area contributed by atoms with Gasteiger partial charge in [-0.3, -0.25) is 4.99 Å². The number of aliphatic imine (C=N–C) groups is 1. The smallest absolute Gasteiger partial charge is 0.191 e. The molecule has 0 unspecified atom stereocenters. The number of benzene rings is 1. The minimum Gasteiger partial charge on any atom is -0.492 e. The zero-order chi connectivity index (χ0) is 13.5. The van der Waals surface area contributed by atoms with E-state index in [1.807, 2.05) is 12.1 Å². The van der Waals surface area contributed by atoms with Crippen molar-refractivity contribution in [3.8, 4) is 5.75 Å². The zero-order valence-electron chi connectivity index (χ0n) is 11.8. The van der Waals surface area contributed by atoms with Crippen molar-refractivity contribution in [3.05, 3.63) is 29.8 Å². The third-order valence-electron chi connectivity index (χ3n) is 3.11. The van der Waals surface area contributed by atoms with Crippen molar-refractivity contribution in [2.45, 2.75) is 26.2 Å². The van der Waals surface area contributed by atoms with Crippen molar-refractivity contribution in [1.29, 1.82) is 0 Å². The third-order valence-corrected chi connectivity index (χ3v) is 3.11. The van der Waals surface area contributed by atoms with Crippen LogP contribution in [0.3, 0.4) is 0 Å². The summed E-state index contributed by atoms with van der Waals surface area (Å²) in [5, 5.41) is 6.46. The van der Waals surface area contributed by atoms with E-state index in [9.17, 15) is 0 Å². The number of nitrogens with one attached hydrogen (secondary N) is 2. The van der Waals surface area contributed by atoms with E-state index in [1.54, 1.807) is 0 Å². The van der Waals surface area contributed by atoms with Crippen LogP contribution in [0.1, 0.15) is 31.7 Å². The Bertz CT molecular complexity index is 412. The van der Waals surface area contributed by atoms with Gasteiger partial charge in [0.05, 0.1) is 6.54 Å². The van der Waals surface area contributed by atoms with E-state index in [2.05, 4.69) is 41.6 Å². The Kier molecular flexibility index (Phi) is 5.07. The Labute approximate surface area is 115 Å². The molecule has 0 bridgehead atoms. The first-order valence-electron chi connectivity index (χ1n) is 7.00. The van der Waals surface area contributed by atoms with Crippen LogP contribution < -0.4 is 15.4 Å². The van der Waals surface area contributed by atoms with Crippen molar-refractivity contribution >= 4 is 5.96 Å². The lowest BCUT2D eigenvalue weighted by atomic mass is 10.0. The van der Waals surface area contributed by atoms with Gasteiger partial charge in [-0.05, 0) is 30.0 Å². The van der Waals surface area contributed by atoms with E-state index < -0.39 is 0 Å². The summed E-state index contributed by atoms with van der Waals surface area (Å²) >= 11 is 0. The highest BCUT2D eigenvalue weighted by molar-refractivity contribution is 5.80. The SMILES string of the molecule is CC(C)c1ccc(OCCNC2=NCCCN2)cc1. The number of rotatable bonds is 5. The van der Waals surface area contributed by atoms with Crippen LogP contribution in [0.4, 0.5) is 0 Å². The predicted octanol–water partition coefficient (Wildman–Crippen LogP) is 2.13. The molecule has 1 aliphatic heterocycles. The molecule has 1 aromatic carbocycles. The summed E-state index contributed by atoms with van der Waals surface area (Å²) in [7, 11) is 0. The average molecular weight is 261 g/mol. The van der Waals surface area contributed by atoms with E-state index in [1.165, 1.54) is 5.56 Å². The molecule has 0 aromatic heterocycles. The van der Waals surface area contributed by atoms with Crippen molar-refractivity contribution in [3.63, 3.8) is 0 Å². The van der Waals surface area contributed by atoms with Crippen LogP contribution in [-0.2, 0) is 0 Å². The van der Waals surface area contributed by atoms with E-state index in [-0.39, 0.29) is 0 Å². The summed E-state index contributed by atoms with van der Waals surface area (Å²) in [6.07, 6.45) is 1.11. The summed E-state index contributed by atoms with van der Waals surface area (Å²) in [6, 6.07) is 8.32. The topological polar surface area (TPSA) is 45.6 Å². The summed E-state index contributed by atoms with van der Waals surface area (Å²) in [5.74, 6) is 2.38. The van der Waals surface area contributed by atoms with Crippen LogP contribution in [0.15, 0.2) is 29.3 Å². The first-order valence-corrected chi connectivity index (χ1v) is 7.00. The summed E-state index contributed by atoms with van der Waals surface area (Å²) in [5.41, 5.74) is 1.34. The van der Waals surface area contributed by atoms with E-state index in [0.717, 1.165) is 37.8 Å². The van der Waals surface area contributed by atoms with Crippen molar-refractivity contribution in [2.75, 3.05) is 26.2 Å². The molecule has 0 fully saturated rings. The first-order chi connectivity index (χ1) is 9.25. The number of ether oxygens (including phenoxy) is 1. The molecular weight excluding hydrogens is 238 g/mol. The van der Waals surface area contributed by atoms with Crippen molar-refractivity contribution in [1.82, 2.24) is 10.6 Å². The molecule has 2 rings (SSSR count). The molecule has 104 valence electrons. The van der Waals surface area contributed by atoms with Gasteiger partial charge >= 0.3 is 0 Å². The number of hydrogen-bond donors (Lipinski definition) is 2. The lowest BCUT2D eigenvalue weighted by Crippen LogP contribution is -2.42. The zero-order valence-corrected chi connectivity index (χ0v) is 11.8. The molecule has 1 aliphatic rings. The minimum atomic E-state index is 0.561. The average Bonchev–Trinajstić information content (AvgIpc) is 2.45. The summed E-state index contributed by atoms with van der Waals surface area (Å²) in [4.78, 5) is 4.34. The van der Waals surface area contributed by atoms with Crippen LogP contribution >= 0.6 is 0 Å². The fraction of sp³-hybridized carbons (Fsp3) is 0.533. The van der Waals surface area contributed by atoms with E-state index in [0.29, 0.717) is 12.5 Å². The fourth-order valence-corrected chi connectivity index (χ4v) is 1.94. The molecular formula is C15H23N3O. The largest absolute Gasteiger partial charge is 0.492 e. The normalized spacial score (nSPS) is 14.8. The van der Waals surface area contributed by atoms with Crippen molar-refractivity contribution in [2.24, 2.45) is 4.99 Å². The monoisotopic (exact) mass is 261 g/mol. The molecule has 0 atom stereocenters. The molecule has 19 heavy (non-hydrogen) atoms. The van der Waals surface area contributed by atoms with Crippen LogP contribution in [0.2, 0.25) is 0 Å². The van der Waals surface area contributed by atoms with Gasteiger partial charge in [0, 0.05) is 13.1 Å². The second-order valence-electron chi connectivity index (χ2n) is 5.01. The lowest BCUT2D eigenvalue weighted by Gasteiger charge is -2.16. The first kappa shape index (κ1) is 13.7. The number of nitrogens with zero attached hydrogens (tertiary/aromatic N) is 1. The third kappa shape index (κ3) is 4.47. The van der Waals surface area contributed by atoms with Crippen LogP contribution in [0, 0.1) is 0 Å². The Hall–Kier alpha value is -1.71. The molecule has 4 nitrogen and oxygen atoms in total. The van der Waals surface area contributed by atoms with Gasteiger partial charge in [-0.1, -0.05) is 26.0 Å². The second kappa shape index (κ2) is 7.02. The Morgan fingerprint density at radius 3 is 2.74 bits per heavy atom. The highest BCUT2D eigenvalue weighted by Gasteiger charge is 2.02. The highest BCUT2D eigenvalue weighted by Crippen LogP contribution is 2.18. The molecule has 4 heteroatoms.